The van der Waals surface area contributed by atoms with Crippen molar-refractivity contribution in [1.82, 2.24) is 0 Å². The molecule has 1 aliphatic rings. The summed E-state index contributed by atoms with van der Waals surface area (Å²) in [6, 6.07) is 0. The van der Waals surface area contributed by atoms with Crippen molar-refractivity contribution in [2.45, 2.75) is 25.0 Å². The van der Waals surface area contributed by atoms with Gasteiger partial charge in [-0.2, -0.15) is 11.8 Å². The van der Waals surface area contributed by atoms with Crippen LogP contribution >= 0.6 is 27.7 Å². The molecule has 1 aliphatic heterocycles. The van der Waals surface area contributed by atoms with E-state index in [0.29, 0.717) is 0 Å². The average Bonchev–Trinajstić information content (AvgIpc) is 2.37. The zero-order chi connectivity index (χ0) is 6.69. The Labute approximate surface area is 69.9 Å². The van der Waals surface area contributed by atoms with E-state index in [2.05, 4.69) is 34.6 Å². The highest BCUT2D eigenvalue weighted by molar-refractivity contribution is 9.09. The molecule has 0 aliphatic carbocycles. The Morgan fingerprint density at radius 3 is 3.00 bits per heavy atom. The van der Waals surface area contributed by atoms with Crippen molar-refractivity contribution in [3.8, 4) is 0 Å². The molecule has 54 valence electrons. The van der Waals surface area contributed by atoms with Crippen molar-refractivity contribution in [3.63, 3.8) is 0 Å². The first-order valence-electron chi connectivity index (χ1n) is 3.52. The zero-order valence-electron chi connectivity index (χ0n) is 5.77. The number of halogens is 1. The van der Waals surface area contributed by atoms with Gasteiger partial charge in [0.15, 0.2) is 0 Å². The van der Waals surface area contributed by atoms with Crippen molar-refractivity contribution < 1.29 is 0 Å². The molecule has 0 aromatic rings. The lowest BCUT2D eigenvalue weighted by atomic mass is 10.1. The molecular formula is C7H13BrS. The van der Waals surface area contributed by atoms with Crippen LogP contribution in [0.4, 0.5) is 0 Å². The van der Waals surface area contributed by atoms with E-state index in [9.17, 15) is 0 Å². The summed E-state index contributed by atoms with van der Waals surface area (Å²) in [5.41, 5.74) is 0. The first-order valence-corrected chi connectivity index (χ1v) is 5.69. The second kappa shape index (κ2) is 3.87. The summed E-state index contributed by atoms with van der Waals surface area (Å²) in [4.78, 5) is 0. The fraction of sp³-hybridized carbons (Fsp3) is 1.00. The lowest BCUT2D eigenvalue weighted by molar-refractivity contribution is 0.599. The van der Waals surface area contributed by atoms with Crippen LogP contribution < -0.4 is 0 Å². The van der Waals surface area contributed by atoms with Gasteiger partial charge in [-0.1, -0.05) is 22.9 Å². The predicted octanol–water partition coefficient (Wildman–Crippen LogP) is 2.91. The summed E-state index contributed by atoms with van der Waals surface area (Å²) in [7, 11) is 0. The highest BCUT2D eigenvalue weighted by Crippen LogP contribution is 2.32. The Kier molecular flexibility index (Phi) is 3.41. The van der Waals surface area contributed by atoms with Crippen LogP contribution in [0, 0.1) is 5.92 Å². The van der Waals surface area contributed by atoms with E-state index in [-0.39, 0.29) is 0 Å². The van der Waals surface area contributed by atoms with Crippen LogP contribution in [0.2, 0.25) is 0 Å². The van der Waals surface area contributed by atoms with E-state index in [0.717, 1.165) is 11.2 Å². The molecule has 2 unspecified atom stereocenters. The Morgan fingerprint density at radius 2 is 2.56 bits per heavy atom. The highest BCUT2D eigenvalue weighted by atomic mass is 79.9. The normalized spacial score (nSPS) is 30.7. The van der Waals surface area contributed by atoms with Gasteiger partial charge in [0.25, 0.3) is 0 Å². The summed E-state index contributed by atoms with van der Waals surface area (Å²) in [6.45, 7) is 2.33. The van der Waals surface area contributed by atoms with E-state index in [1.807, 2.05) is 0 Å². The van der Waals surface area contributed by atoms with Gasteiger partial charge in [-0.05, 0) is 24.5 Å². The quantitative estimate of drug-likeness (QED) is 0.630. The lowest BCUT2D eigenvalue weighted by Crippen LogP contribution is -2.11. The van der Waals surface area contributed by atoms with Crippen LogP contribution in [0.5, 0.6) is 0 Å². The maximum atomic E-state index is 3.51. The zero-order valence-corrected chi connectivity index (χ0v) is 8.17. The monoisotopic (exact) mass is 208 g/mol. The van der Waals surface area contributed by atoms with E-state index >= 15 is 0 Å². The van der Waals surface area contributed by atoms with Gasteiger partial charge in [-0.25, -0.2) is 0 Å². The molecule has 2 atom stereocenters. The van der Waals surface area contributed by atoms with Crippen molar-refractivity contribution in [1.29, 1.82) is 0 Å². The third kappa shape index (κ3) is 2.15. The molecular weight excluding hydrogens is 196 g/mol. The van der Waals surface area contributed by atoms with Crippen LogP contribution in [0.15, 0.2) is 0 Å². The molecule has 1 saturated heterocycles. The molecule has 2 heteroatoms. The molecule has 0 nitrogen and oxygen atoms in total. The van der Waals surface area contributed by atoms with Gasteiger partial charge in [0, 0.05) is 10.6 Å². The van der Waals surface area contributed by atoms with Gasteiger partial charge in [0.05, 0.1) is 0 Å². The van der Waals surface area contributed by atoms with Crippen LogP contribution in [-0.4, -0.2) is 16.3 Å². The standard InChI is InChI=1S/C7H13BrS/c1-6(5-8)7-3-2-4-9-7/h6-7H,2-5H2,1H3. The first kappa shape index (κ1) is 7.93. The van der Waals surface area contributed by atoms with Crippen LogP contribution in [-0.2, 0) is 0 Å². The molecule has 9 heavy (non-hydrogen) atoms. The Balaban J connectivity index is 2.24. The summed E-state index contributed by atoms with van der Waals surface area (Å²) < 4.78 is 0. The number of hydrogen-bond acceptors (Lipinski definition) is 1. The molecule has 1 fully saturated rings. The van der Waals surface area contributed by atoms with Crippen molar-refractivity contribution in [3.05, 3.63) is 0 Å². The fourth-order valence-electron chi connectivity index (χ4n) is 1.15. The molecule has 1 heterocycles. The minimum Gasteiger partial charge on any atom is -0.158 e. The van der Waals surface area contributed by atoms with Crippen LogP contribution in [0.25, 0.3) is 0 Å². The molecule has 0 spiro atoms. The summed E-state index contributed by atoms with van der Waals surface area (Å²) in [5, 5.41) is 2.12. The lowest BCUT2D eigenvalue weighted by Gasteiger charge is -2.13. The fourth-order valence-corrected chi connectivity index (χ4v) is 3.24. The van der Waals surface area contributed by atoms with Gasteiger partial charge in [0.1, 0.15) is 0 Å². The highest BCUT2D eigenvalue weighted by Gasteiger charge is 2.20. The maximum absolute atomic E-state index is 3.51. The second-order valence-electron chi connectivity index (χ2n) is 2.68. The smallest absolute Gasteiger partial charge is 0.00809 e. The first-order chi connectivity index (χ1) is 4.34. The molecule has 1 rings (SSSR count). The van der Waals surface area contributed by atoms with Gasteiger partial charge in [-0.3, -0.25) is 0 Å². The van der Waals surface area contributed by atoms with E-state index in [1.54, 1.807) is 0 Å². The van der Waals surface area contributed by atoms with E-state index in [4.69, 9.17) is 0 Å². The maximum Gasteiger partial charge on any atom is 0.00809 e. The van der Waals surface area contributed by atoms with Crippen LogP contribution in [0.1, 0.15) is 19.8 Å². The predicted molar refractivity (Wildman–Crippen MR) is 48.4 cm³/mol. The Hall–Kier alpha value is 0.830. The Morgan fingerprint density at radius 1 is 1.78 bits per heavy atom. The molecule has 0 radical (unpaired) electrons. The van der Waals surface area contributed by atoms with Crippen molar-refractivity contribution in [2.75, 3.05) is 11.1 Å². The summed E-state index contributed by atoms with van der Waals surface area (Å²) in [5.74, 6) is 2.26. The molecule has 0 aromatic carbocycles. The molecule has 0 saturated carbocycles. The number of alkyl halides is 1. The average molecular weight is 209 g/mol. The third-order valence-corrected chi connectivity index (χ3v) is 4.52. The van der Waals surface area contributed by atoms with E-state index in [1.165, 1.54) is 23.9 Å². The molecule has 0 aromatic heterocycles. The molecule has 0 N–H and O–H groups in total. The van der Waals surface area contributed by atoms with Crippen molar-refractivity contribution >= 4 is 27.7 Å². The van der Waals surface area contributed by atoms with Gasteiger partial charge in [0.2, 0.25) is 0 Å². The molecule has 0 bridgehead atoms. The number of rotatable bonds is 2. The van der Waals surface area contributed by atoms with E-state index < -0.39 is 0 Å². The van der Waals surface area contributed by atoms with Crippen molar-refractivity contribution in [2.24, 2.45) is 5.92 Å². The summed E-state index contributed by atoms with van der Waals surface area (Å²) >= 11 is 5.66. The number of thioether (sulfide) groups is 1. The SMILES string of the molecule is CC(CBr)C1CCCS1. The topological polar surface area (TPSA) is 0 Å². The minimum atomic E-state index is 0.873. The summed E-state index contributed by atoms with van der Waals surface area (Å²) in [6.07, 6.45) is 2.88. The third-order valence-electron chi connectivity index (χ3n) is 1.84. The van der Waals surface area contributed by atoms with Crippen LogP contribution in [0.3, 0.4) is 0 Å². The Bertz CT molecular complexity index is 79.0. The largest absolute Gasteiger partial charge is 0.158 e. The van der Waals surface area contributed by atoms with Gasteiger partial charge >= 0.3 is 0 Å². The number of hydrogen-bond donors (Lipinski definition) is 0. The van der Waals surface area contributed by atoms with Gasteiger partial charge in [-0.15, -0.1) is 0 Å². The molecule has 0 amide bonds. The second-order valence-corrected chi connectivity index (χ2v) is 4.68. The minimum absolute atomic E-state index is 0.873. The van der Waals surface area contributed by atoms with Gasteiger partial charge < -0.3 is 0 Å².